The lowest BCUT2D eigenvalue weighted by Gasteiger charge is -2.03. The number of Topliss-reactive ketones (excluding diaryl/α,β-unsaturated/α-hetero) is 1. The van der Waals surface area contributed by atoms with Crippen molar-refractivity contribution in [3.8, 4) is 5.75 Å². The fraction of sp³-hybridized carbons (Fsp3) is 0.167. The molecule has 4 heteroatoms. The molecule has 0 aliphatic rings. The quantitative estimate of drug-likeness (QED) is 0.797. The largest absolute Gasteiger partial charge is 0.506 e. The Labute approximate surface area is 98.5 Å². The summed E-state index contributed by atoms with van der Waals surface area (Å²) in [6.45, 7) is 0. The number of benzene rings is 1. The molecule has 0 spiro atoms. The minimum atomic E-state index is 0.0191. The molecule has 0 bridgehead atoms. The van der Waals surface area contributed by atoms with Gasteiger partial charge in [-0.25, -0.2) is 4.98 Å². The second-order valence-electron chi connectivity index (χ2n) is 3.53. The van der Waals surface area contributed by atoms with E-state index < -0.39 is 0 Å². The predicted octanol–water partition coefficient (Wildman–Crippen LogP) is 1.98. The number of aromatic nitrogens is 1. The Morgan fingerprint density at radius 3 is 2.88 bits per heavy atom. The first-order valence-electron chi connectivity index (χ1n) is 4.91. The molecule has 1 N–H and O–H groups in total. The number of rotatable bonds is 3. The third-order valence-corrected chi connectivity index (χ3v) is 2.66. The highest BCUT2D eigenvalue weighted by Crippen LogP contribution is 2.22. The number of carbonyl (C=O) groups excluding carboxylic acids is 1. The zero-order chi connectivity index (χ0) is 11.5. The molecule has 2 rings (SSSR count). The van der Waals surface area contributed by atoms with Gasteiger partial charge in [0.15, 0.2) is 0 Å². The van der Waals surface area contributed by atoms with Gasteiger partial charge in [0, 0.05) is 23.3 Å². The van der Waals surface area contributed by atoms with Gasteiger partial charge in [-0.15, -0.1) is 0 Å². The number of ketones is 1. The Morgan fingerprint density at radius 1 is 1.31 bits per heavy atom. The summed E-state index contributed by atoms with van der Waals surface area (Å²) < 4.78 is 0. The molecule has 0 saturated heterocycles. The van der Waals surface area contributed by atoms with Crippen LogP contribution in [0.3, 0.4) is 0 Å². The van der Waals surface area contributed by atoms with Crippen LogP contribution in [0.1, 0.15) is 5.69 Å². The van der Waals surface area contributed by atoms with Crippen molar-refractivity contribution in [2.24, 2.45) is 0 Å². The van der Waals surface area contributed by atoms with Gasteiger partial charge in [0.05, 0.1) is 0 Å². The molecule has 3 nitrogen and oxygen atoms in total. The summed E-state index contributed by atoms with van der Waals surface area (Å²) in [6.07, 6.45) is 0.258. The highest BCUT2D eigenvalue weighted by molar-refractivity contribution is 7.81. The van der Waals surface area contributed by atoms with E-state index in [2.05, 4.69) is 17.6 Å². The smallest absolute Gasteiger partial charge is 0.148 e. The van der Waals surface area contributed by atoms with Gasteiger partial charge in [-0.2, -0.15) is 12.6 Å². The van der Waals surface area contributed by atoms with E-state index in [0.717, 1.165) is 5.39 Å². The summed E-state index contributed by atoms with van der Waals surface area (Å²) in [7, 11) is 0. The van der Waals surface area contributed by atoms with E-state index in [1.54, 1.807) is 18.2 Å². The van der Waals surface area contributed by atoms with E-state index in [1.807, 2.05) is 12.1 Å². The van der Waals surface area contributed by atoms with Gasteiger partial charge < -0.3 is 5.11 Å². The minimum absolute atomic E-state index is 0.0191. The summed E-state index contributed by atoms with van der Waals surface area (Å²) in [5.41, 5.74) is 1.19. The van der Waals surface area contributed by atoms with Crippen molar-refractivity contribution in [3.05, 3.63) is 36.0 Å². The van der Waals surface area contributed by atoms with Crippen molar-refractivity contribution in [3.63, 3.8) is 0 Å². The summed E-state index contributed by atoms with van der Waals surface area (Å²) >= 11 is 3.91. The summed E-state index contributed by atoms with van der Waals surface area (Å²) in [4.78, 5) is 15.5. The number of aromatic hydroxyl groups is 1. The van der Waals surface area contributed by atoms with Crippen LogP contribution in [0.25, 0.3) is 10.9 Å². The first-order chi connectivity index (χ1) is 7.70. The summed E-state index contributed by atoms with van der Waals surface area (Å²) in [5, 5.41) is 10.5. The lowest BCUT2D eigenvalue weighted by molar-refractivity contribution is -0.116. The zero-order valence-corrected chi connectivity index (χ0v) is 9.45. The number of phenols is 1. The molecular formula is C12H11NO2S. The Morgan fingerprint density at radius 2 is 2.12 bits per heavy atom. The number of fused-ring (bicyclic) bond motifs is 1. The lowest BCUT2D eigenvalue weighted by Crippen LogP contribution is -2.05. The maximum atomic E-state index is 11.2. The van der Waals surface area contributed by atoms with Crippen molar-refractivity contribution in [1.82, 2.24) is 4.98 Å². The predicted molar refractivity (Wildman–Crippen MR) is 66.0 cm³/mol. The van der Waals surface area contributed by atoms with E-state index in [0.29, 0.717) is 11.2 Å². The number of phenolic OH excluding ortho intramolecular Hbond substituents is 1. The van der Waals surface area contributed by atoms with Gasteiger partial charge in [0.1, 0.15) is 17.0 Å². The number of pyridine rings is 1. The van der Waals surface area contributed by atoms with Crippen molar-refractivity contribution in [2.75, 3.05) is 5.75 Å². The molecule has 0 amide bonds. The van der Waals surface area contributed by atoms with Crippen LogP contribution in [0.2, 0.25) is 0 Å². The number of nitrogens with zero attached hydrogens (tertiary/aromatic N) is 1. The zero-order valence-electron chi connectivity index (χ0n) is 8.55. The molecule has 0 fully saturated rings. The number of thiol groups is 1. The van der Waals surface area contributed by atoms with Crippen LogP contribution in [0.4, 0.5) is 0 Å². The molecule has 1 aromatic heterocycles. The maximum Gasteiger partial charge on any atom is 0.148 e. The molecule has 2 aromatic rings. The Hall–Kier alpha value is -1.55. The SMILES string of the molecule is O=C(CS)Cc1ccc2cccc(O)c2n1. The lowest BCUT2D eigenvalue weighted by atomic mass is 10.1. The van der Waals surface area contributed by atoms with Crippen LogP contribution >= 0.6 is 12.6 Å². The van der Waals surface area contributed by atoms with Gasteiger partial charge in [-0.1, -0.05) is 18.2 Å². The minimum Gasteiger partial charge on any atom is -0.506 e. The van der Waals surface area contributed by atoms with Crippen molar-refractivity contribution < 1.29 is 9.90 Å². The highest BCUT2D eigenvalue weighted by Gasteiger charge is 2.05. The van der Waals surface area contributed by atoms with Crippen LogP contribution in [0.5, 0.6) is 5.75 Å². The van der Waals surface area contributed by atoms with Crippen molar-refractivity contribution in [1.29, 1.82) is 0 Å². The number of carbonyl (C=O) groups is 1. The van der Waals surface area contributed by atoms with Gasteiger partial charge in [0.25, 0.3) is 0 Å². The Balaban J connectivity index is 2.43. The number of hydrogen-bond acceptors (Lipinski definition) is 4. The van der Waals surface area contributed by atoms with Crippen LogP contribution in [0, 0.1) is 0 Å². The fourth-order valence-corrected chi connectivity index (χ4v) is 1.64. The molecule has 1 heterocycles. The molecular weight excluding hydrogens is 222 g/mol. The molecule has 0 radical (unpaired) electrons. The number of para-hydroxylation sites is 1. The molecule has 0 aliphatic heterocycles. The van der Waals surface area contributed by atoms with E-state index in [9.17, 15) is 9.90 Å². The second kappa shape index (κ2) is 4.53. The number of hydrogen-bond donors (Lipinski definition) is 2. The molecule has 0 saturated carbocycles. The molecule has 0 atom stereocenters. The average Bonchev–Trinajstić information content (AvgIpc) is 2.30. The van der Waals surface area contributed by atoms with Crippen molar-refractivity contribution in [2.45, 2.75) is 6.42 Å². The van der Waals surface area contributed by atoms with E-state index in [-0.39, 0.29) is 23.7 Å². The molecule has 16 heavy (non-hydrogen) atoms. The first-order valence-corrected chi connectivity index (χ1v) is 5.54. The van der Waals surface area contributed by atoms with E-state index in [1.165, 1.54) is 0 Å². The van der Waals surface area contributed by atoms with Crippen LogP contribution < -0.4 is 0 Å². The standard InChI is InChI=1S/C12H11NO2S/c14-10(7-16)6-9-5-4-8-2-1-3-11(15)12(8)13-9/h1-5,15-16H,6-7H2. The second-order valence-corrected chi connectivity index (χ2v) is 3.84. The average molecular weight is 233 g/mol. The summed E-state index contributed by atoms with van der Waals surface area (Å²) in [6, 6.07) is 8.86. The maximum absolute atomic E-state index is 11.2. The monoisotopic (exact) mass is 233 g/mol. The van der Waals surface area contributed by atoms with E-state index in [4.69, 9.17) is 0 Å². The molecule has 0 aliphatic carbocycles. The van der Waals surface area contributed by atoms with Crippen LogP contribution in [0.15, 0.2) is 30.3 Å². The van der Waals surface area contributed by atoms with Gasteiger partial charge >= 0.3 is 0 Å². The van der Waals surface area contributed by atoms with Crippen molar-refractivity contribution >= 4 is 29.3 Å². The fourth-order valence-electron chi connectivity index (χ4n) is 1.53. The highest BCUT2D eigenvalue weighted by atomic mass is 32.1. The summed E-state index contributed by atoms with van der Waals surface area (Å²) in [5.74, 6) is 0.365. The molecule has 82 valence electrons. The topological polar surface area (TPSA) is 50.2 Å². The molecule has 0 unspecified atom stereocenters. The Bertz CT molecular complexity index is 540. The molecule has 1 aromatic carbocycles. The van der Waals surface area contributed by atoms with Crippen LogP contribution in [-0.2, 0) is 11.2 Å². The Kier molecular flexibility index (Phi) is 3.10. The van der Waals surface area contributed by atoms with E-state index >= 15 is 0 Å². The third kappa shape index (κ3) is 2.17. The first kappa shape index (κ1) is 11.0. The van der Waals surface area contributed by atoms with Gasteiger partial charge in [-0.05, 0) is 12.1 Å². The van der Waals surface area contributed by atoms with Gasteiger partial charge in [-0.3, -0.25) is 4.79 Å². The normalized spacial score (nSPS) is 10.6. The van der Waals surface area contributed by atoms with Gasteiger partial charge in [0.2, 0.25) is 0 Å². The van der Waals surface area contributed by atoms with Crippen LogP contribution in [-0.4, -0.2) is 21.6 Å². The third-order valence-electron chi connectivity index (χ3n) is 2.31.